The molecule has 42 heavy (non-hydrogen) atoms. The van der Waals surface area contributed by atoms with Crippen molar-refractivity contribution < 1.29 is 24.2 Å². The fraction of sp³-hybridized carbons (Fsp3) is 0.452. The summed E-state index contributed by atoms with van der Waals surface area (Å²) < 4.78 is 9.21. The maximum Gasteiger partial charge on any atom is 0.307 e. The predicted molar refractivity (Wildman–Crippen MR) is 157 cm³/mol. The number of aliphatic carboxylic acids is 1. The van der Waals surface area contributed by atoms with Gasteiger partial charge in [0, 0.05) is 41.8 Å². The highest BCUT2D eigenvalue weighted by molar-refractivity contribution is 9.10. The molecule has 10 nitrogen and oxygen atoms in total. The second-order valence-corrected chi connectivity index (χ2v) is 12.1. The molecule has 220 valence electrons. The van der Waals surface area contributed by atoms with Crippen LogP contribution in [-0.4, -0.2) is 60.5 Å². The van der Waals surface area contributed by atoms with Gasteiger partial charge in [0.1, 0.15) is 18.7 Å². The molecule has 1 fully saturated rings. The Hall–Kier alpha value is -3.73. The quantitative estimate of drug-likeness (QED) is 0.384. The normalized spacial score (nSPS) is 21.7. The van der Waals surface area contributed by atoms with Crippen molar-refractivity contribution in [3.63, 3.8) is 0 Å². The van der Waals surface area contributed by atoms with Crippen LogP contribution in [0.1, 0.15) is 71.5 Å². The molecule has 2 aliphatic heterocycles. The molecule has 3 heterocycles. The van der Waals surface area contributed by atoms with Crippen molar-refractivity contribution in [1.29, 1.82) is 0 Å². The Balaban J connectivity index is 1.38. The average molecular weight is 637 g/mol. The molecule has 1 aromatic heterocycles. The molecule has 3 aromatic rings. The summed E-state index contributed by atoms with van der Waals surface area (Å²) in [7, 11) is 0. The van der Waals surface area contributed by atoms with Gasteiger partial charge in [-0.15, -0.1) is 10.2 Å². The zero-order valence-electron chi connectivity index (χ0n) is 23.5. The van der Waals surface area contributed by atoms with Crippen molar-refractivity contribution in [1.82, 2.24) is 24.6 Å². The third-order valence-electron chi connectivity index (χ3n) is 8.94. The molecule has 11 heteroatoms. The molecule has 0 radical (unpaired) electrons. The molecule has 2 amide bonds. The summed E-state index contributed by atoms with van der Waals surface area (Å²) in [6.07, 6.45) is 4.93. The number of ether oxygens (including phenoxy) is 1. The fourth-order valence-corrected chi connectivity index (χ4v) is 7.31. The molecular weight excluding hydrogens is 602 g/mol. The fourth-order valence-electron chi connectivity index (χ4n) is 6.76. The van der Waals surface area contributed by atoms with E-state index in [4.69, 9.17) is 4.74 Å². The predicted octanol–water partition coefficient (Wildman–Crippen LogP) is 4.61. The molecule has 0 saturated heterocycles. The first-order valence-corrected chi connectivity index (χ1v) is 15.4. The van der Waals surface area contributed by atoms with Crippen LogP contribution < -0.4 is 4.74 Å². The molecule has 0 spiro atoms. The Morgan fingerprint density at radius 3 is 2.67 bits per heavy atom. The number of carbonyl (C=O) groups excluding carboxylic acids is 2. The van der Waals surface area contributed by atoms with Crippen LogP contribution in [0.25, 0.3) is 0 Å². The number of hydrogen-bond donors (Lipinski definition) is 1. The van der Waals surface area contributed by atoms with E-state index in [-0.39, 0.29) is 25.0 Å². The molecule has 3 atom stereocenters. The van der Waals surface area contributed by atoms with E-state index in [0.29, 0.717) is 56.0 Å². The summed E-state index contributed by atoms with van der Waals surface area (Å²) in [5.74, 6) is -1.14. The third-order valence-corrected chi connectivity index (χ3v) is 9.68. The van der Waals surface area contributed by atoms with E-state index in [1.165, 1.54) is 0 Å². The number of halogens is 1. The standard InChI is InChI=1S/C31H34BrN5O5/c1-2-35-18-33-34-27(35)17-42-26-12-11-24(32)23-13-14-37(30(39)21-9-5-6-10-22(21)31(40)41)25(28(23)26)16-36-15-19-7-3-4-8-20(19)29(36)38/h3-4,7-8,11-12,18,21-22,25H,2,5-6,9-10,13-17H2,1H3,(H,40,41)/t21?,22-,25-/m1/s1. The van der Waals surface area contributed by atoms with Crippen molar-refractivity contribution in [2.24, 2.45) is 11.8 Å². The Morgan fingerprint density at radius 2 is 1.90 bits per heavy atom. The molecule has 1 saturated carbocycles. The summed E-state index contributed by atoms with van der Waals surface area (Å²) in [6, 6.07) is 10.9. The molecule has 0 bridgehead atoms. The van der Waals surface area contributed by atoms with E-state index in [1.807, 2.05) is 52.8 Å². The second-order valence-electron chi connectivity index (χ2n) is 11.2. The van der Waals surface area contributed by atoms with E-state index < -0.39 is 23.8 Å². The van der Waals surface area contributed by atoms with Gasteiger partial charge < -0.3 is 24.2 Å². The number of hydrogen-bond acceptors (Lipinski definition) is 6. The van der Waals surface area contributed by atoms with Crippen LogP contribution in [0.4, 0.5) is 0 Å². The summed E-state index contributed by atoms with van der Waals surface area (Å²) >= 11 is 3.72. The minimum Gasteiger partial charge on any atom is -0.485 e. The number of aromatic nitrogens is 3. The van der Waals surface area contributed by atoms with Crippen LogP contribution in [0.5, 0.6) is 5.75 Å². The monoisotopic (exact) mass is 635 g/mol. The molecule has 3 aliphatic rings. The maximum atomic E-state index is 14.3. The first-order valence-electron chi connectivity index (χ1n) is 14.6. The number of benzene rings is 2. The number of fused-ring (bicyclic) bond motifs is 2. The number of carbonyl (C=O) groups is 3. The van der Waals surface area contributed by atoms with E-state index in [1.54, 1.807) is 11.2 Å². The highest BCUT2D eigenvalue weighted by Crippen LogP contribution is 2.43. The van der Waals surface area contributed by atoms with E-state index in [9.17, 15) is 19.5 Å². The minimum atomic E-state index is -0.918. The van der Waals surface area contributed by atoms with Crippen LogP contribution in [0.15, 0.2) is 47.2 Å². The van der Waals surface area contributed by atoms with Crippen LogP contribution in [0.3, 0.4) is 0 Å². The number of rotatable bonds is 8. The molecule has 6 rings (SSSR count). The highest BCUT2D eigenvalue weighted by atomic mass is 79.9. The van der Waals surface area contributed by atoms with Gasteiger partial charge in [0.15, 0.2) is 5.82 Å². The Morgan fingerprint density at radius 1 is 1.12 bits per heavy atom. The maximum absolute atomic E-state index is 14.3. The Kier molecular flexibility index (Phi) is 8.02. The molecular formula is C31H34BrN5O5. The third kappa shape index (κ3) is 5.19. The largest absolute Gasteiger partial charge is 0.485 e. The van der Waals surface area contributed by atoms with Crippen molar-refractivity contribution in [3.05, 3.63) is 75.3 Å². The van der Waals surface area contributed by atoms with Gasteiger partial charge in [-0.25, -0.2) is 0 Å². The lowest BCUT2D eigenvalue weighted by Crippen LogP contribution is -2.50. The Bertz CT molecular complexity index is 1520. The lowest BCUT2D eigenvalue weighted by molar-refractivity contribution is -0.153. The van der Waals surface area contributed by atoms with E-state index >= 15 is 0 Å². The first-order chi connectivity index (χ1) is 20.4. The highest BCUT2D eigenvalue weighted by Gasteiger charge is 2.44. The zero-order chi connectivity index (χ0) is 29.4. The molecule has 2 aromatic carbocycles. The van der Waals surface area contributed by atoms with Crippen LogP contribution in [-0.2, 0) is 35.7 Å². The lowest BCUT2D eigenvalue weighted by atomic mass is 9.77. The van der Waals surface area contributed by atoms with Crippen LogP contribution >= 0.6 is 15.9 Å². The van der Waals surface area contributed by atoms with Gasteiger partial charge in [0.2, 0.25) is 5.91 Å². The summed E-state index contributed by atoms with van der Waals surface area (Å²) in [5, 5.41) is 18.2. The molecule has 1 aliphatic carbocycles. The summed E-state index contributed by atoms with van der Waals surface area (Å²) in [6.45, 7) is 4.07. The van der Waals surface area contributed by atoms with Crippen LogP contribution in [0.2, 0.25) is 0 Å². The van der Waals surface area contributed by atoms with E-state index in [0.717, 1.165) is 34.0 Å². The SMILES string of the molecule is CCn1cnnc1COc1ccc(Br)c2c1[C@@H](CN1Cc3ccccc3C1=O)N(C(=O)C1CCCC[C@H]1C(=O)O)CC2. The zero-order valence-corrected chi connectivity index (χ0v) is 25.1. The minimum absolute atomic E-state index is 0.0697. The summed E-state index contributed by atoms with van der Waals surface area (Å²) in [5.41, 5.74) is 3.51. The number of aryl methyl sites for hydroxylation is 1. The lowest BCUT2D eigenvalue weighted by Gasteiger charge is -2.43. The van der Waals surface area contributed by atoms with Crippen molar-refractivity contribution in [3.8, 4) is 5.75 Å². The number of amides is 2. The van der Waals surface area contributed by atoms with Gasteiger partial charge in [-0.05, 0) is 55.5 Å². The molecule has 1 unspecified atom stereocenters. The van der Waals surface area contributed by atoms with Crippen molar-refractivity contribution >= 4 is 33.7 Å². The van der Waals surface area contributed by atoms with Crippen LogP contribution in [0, 0.1) is 11.8 Å². The van der Waals surface area contributed by atoms with Gasteiger partial charge in [0.05, 0.1) is 17.9 Å². The summed E-state index contributed by atoms with van der Waals surface area (Å²) in [4.78, 5) is 43.5. The smallest absolute Gasteiger partial charge is 0.307 e. The van der Waals surface area contributed by atoms with Gasteiger partial charge in [0.25, 0.3) is 5.91 Å². The first kappa shape index (κ1) is 28.4. The number of carboxylic acids is 1. The van der Waals surface area contributed by atoms with Gasteiger partial charge in [-0.2, -0.15) is 0 Å². The van der Waals surface area contributed by atoms with Crippen molar-refractivity contribution in [2.75, 3.05) is 13.1 Å². The van der Waals surface area contributed by atoms with Gasteiger partial charge >= 0.3 is 5.97 Å². The van der Waals surface area contributed by atoms with Gasteiger partial charge in [-0.1, -0.05) is 47.0 Å². The second kappa shape index (κ2) is 11.9. The van der Waals surface area contributed by atoms with Gasteiger partial charge in [-0.3, -0.25) is 14.4 Å². The topological polar surface area (TPSA) is 118 Å². The number of nitrogens with zero attached hydrogens (tertiary/aromatic N) is 5. The number of carboxylic acid groups (broad SMARTS) is 1. The van der Waals surface area contributed by atoms with E-state index in [2.05, 4.69) is 26.1 Å². The van der Waals surface area contributed by atoms with Crippen molar-refractivity contribution in [2.45, 2.75) is 64.8 Å². The average Bonchev–Trinajstić information content (AvgIpc) is 3.60. The molecule has 1 N–H and O–H groups in total. The Labute approximate surface area is 252 Å².